The fourth-order valence-electron chi connectivity index (χ4n) is 2.30. The molecule has 25 heavy (non-hydrogen) atoms. The molecule has 0 saturated carbocycles. The summed E-state index contributed by atoms with van der Waals surface area (Å²) in [6.07, 6.45) is -0.0592. The number of aliphatic hydroxyl groups excluding tert-OH is 1. The number of nitrogens with one attached hydrogen (secondary N) is 1. The van der Waals surface area contributed by atoms with Crippen LogP contribution in [0.5, 0.6) is 5.75 Å². The molecule has 0 aliphatic rings. The molecule has 0 amide bonds. The number of ether oxygens (including phenoxy) is 1. The molecule has 1 atom stereocenters. The molecular weight excluding hydrogens is 341 g/mol. The molecule has 7 heteroatoms. The Labute approximate surface area is 149 Å². The van der Waals surface area contributed by atoms with E-state index in [1.165, 1.54) is 23.5 Å². The van der Waals surface area contributed by atoms with E-state index in [-0.39, 0.29) is 5.82 Å². The van der Waals surface area contributed by atoms with Gasteiger partial charge >= 0.3 is 0 Å². The third-order valence-electron chi connectivity index (χ3n) is 3.68. The van der Waals surface area contributed by atoms with Gasteiger partial charge in [-0.25, -0.2) is 4.39 Å². The molecule has 1 unspecified atom stereocenters. The van der Waals surface area contributed by atoms with Crippen molar-refractivity contribution < 1.29 is 14.2 Å². The molecule has 0 spiro atoms. The highest BCUT2D eigenvalue weighted by Gasteiger charge is 2.10. The molecular formula is C18H18FN3O2S. The second-order valence-corrected chi connectivity index (χ2v) is 6.54. The number of nitrogens with zero attached hydrogens (tertiary/aromatic N) is 2. The second kappa shape index (κ2) is 8.04. The number of halogens is 1. The molecule has 0 bridgehead atoms. The van der Waals surface area contributed by atoms with Gasteiger partial charge in [0.05, 0.1) is 13.2 Å². The average molecular weight is 359 g/mol. The van der Waals surface area contributed by atoms with Gasteiger partial charge in [-0.2, -0.15) is 0 Å². The average Bonchev–Trinajstić information content (AvgIpc) is 3.09. The van der Waals surface area contributed by atoms with Gasteiger partial charge in [-0.15, -0.1) is 10.2 Å². The fourth-order valence-corrected chi connectivity index (χ4v) is 3.08. The molecule has 3 aromatic rings. The van der Waals surface area contributed by atoms with E-state index in [0.29, 0.717) is 18.1 Å². The van der Waals surface area contributed by atoms with Crippen LogP contribution in [0.2, 0.25) is 0 Å². The molecule has 0 aliphatic carbocycles. The fraction of sp³-hybridized carbons (Fsp3) is 0.222. The van der Waals surface area contributed by atoms with Crippen LogP contribution in [0.3, 0.4) is 0 Å². The highest BCUT2D eigenvalue weighted by atomic mass is 32.1. The summed E-state index contributed by atoms with van der Waals surface area (Å²) in [4.78, 5) is 0. The highest BCUT2D eigenvalue weighted by Crippen LogP contribution is 2.21. The van der Waals surface area contributed by atoms with Crippen molar-refractivity contribution in [1.82, 2.24) is 10.2 Å². The van der Waals surface area contributed by atoms with Crippen LogP contribution < -0.4 is 10.1 Å². The summed E-state index contributed by atoms with van der Waals surface area (Å²) in [5, 5.41) is 23.0. The van der Waals surface area contributed by atoms with Crippen LogP contribution in [-0.4, -0.2) is 29.0 Å². The maximum Gasteiger partial charge on any atom is 0.205 e. The Morgan fingerprint density at radius 1 is 1.12 bits per heavy atom. The van der Waals surface area contributed by atoms with Gasteiger partial charge in [-0.05, 0) is 35.4 Å². The summed E-state index contributed by atoms with van der Waals surface area (Å²) >= 11 is 1.42. The van der Waals surface area contributed by atoms with Crippen molar-refractivity contribution in [2.24, 2.45) is 0 Å². The van der Waals surface area contributed by atoms with Gasteiger partial charge in [-0.1, -0.05) is 35.6 Å². The topological polar surface area (TPSA) is 67.3 Å². The molecule has 0 saturated heterocycles. The second-order valence-electron chi connectivity index (χ2n) is 5.47. The first-order chi connectivity index (χ1) is 12.1. The first-order valence-electron chi connectivity index (χ1n) is 7.77. The minimum absolute atomic E-state index is 0.254. The minimum atomic E-state index is -0.657. The van der Waals surface area contributed by atoms with Crippen molar-refractivity contribution >= 4 is 16.5 Å². The van der Waals surface area contributed by atoms with Gasteiger partial charge in [0.1, 0.15) is 16.6 Å². The van der Waals surface area contributed by atoms with Crippen molar-refractivity contribution in [3.63, 3.8) is 0 Å². The minimum Gasteiger partial charge on any atom is -0.497 e. The van der Waals surface area contributed by atoms with E-state index in [1.54, 1.807) is 19.2 Å². The summed E-state index contributed by atoms with van der Waals surface area (Å²) in [6, 6.07) is 13.6. The largest absolute Gasteiger partial charge is 0.497 e. The lowest BCUT2D eigenvalue weighted by molar-refractivity contribution is 0.191. The lowest BCUT2D eigenvalue weighted by Crippen LogP contribution is -2.11. The molecule has 5 nitrogen and oxygen atoms in total. The van der Waals surface area contributed by atoms with Crippen LogP contribution in [0.25, 0.3) is 0 Å². The number of hydrogen-bond acceptors (Lipinski definition) is 6. The van der Waals surface area contributed by atoms with Gasteiger partial charge in [0.2, 0.25) is 5.13 Å². The van der Waals surface area contributed by atoms with Crippen LogP contribution in [0.4, 0.5) is 9.52 Å². The Balaban J connectivity index is 1.54. The molecule has 3 rings (SSSR count). The summed E-state index contributed by atoms with van der Waals surface area (Å²) < 4.78 is 18.0. The SMILES string of the molecule is COc1ccc(C(O)CNc2nnc(Cc3ccc(F)cc3)s2)cc1. The van der Waals surface area contributed by atoms with Crippen LogP contribution in [0.15, 0.2) is 48.5 Å². The van der Waals surface area contributed by atoms with Crippen LogP contribution in [0.1, 0.15) is 22.2 Å². The molecule has 130 valence electrons. The van der Waals surface area contributed by atoms with E-state index in [1.807, 2.05) is 24.3 Å². The monoisotopic (exact) mass is 359 g/mol. The number of benzene rings is 2. The molecule has 1 heterocycles. The number of hydrogen-bond donors (Lipinski definition) is 2. The maximum absolute atomic E-state index is 12.9. The molecule has 0 radical (unpaired) electrons. The predicted octanol–water partition coefficient (Wildman–Crippen LogP) is 3.42. The first kappa shape index (κ1) is 17.3. The summed E-state index contributed by atoms with van der Waals surface area (Å²) in [6.45, 7) is 0.331. The standard InChI is InChI=1S/C18H18FN3O2S/c1-24-15-8-4-13(5-9-15)16(23)11-20-18-22-21-17(25-18)10-12-2-6-14(19)7-3-12/h2-9,16,23H,10-11H2,1H3,(H,20,22). The molecule has 1 aromatic heterocycles. The number of aliphatic hydroxyl groups is 1. The molecule has 2 aromatic carbocycles. The molecule has 0 fully saturated rings. The van der Waals surface area contributed by atoms with Gasteiger partial charge in [0.15, 0.2) is 0 Å². The van der Waals surface area contributed by atoms with Crippen molar-refractivity contribution in [2.75, 3.05) is 19.0 Å². The van der Waals surface area contributed by atoms with Crippen molar-refractivity contribution in [2.45, 2.75) is 12.5 Å². The highest BCUT2D eigenvalue weighted by molar-refractivity contribution is 7.15. The Hall–Kier alpha value is -2.51. The van der Waals surface area contributed by atoms with Crippen LogP contribution in [0, 0.1) is 5.82 Å². The number of aromatic nitrogens is 2. The lowest BCUT2D eigenvalue weighted by Gasteiger charge is -2.11. The van der Waals surface area contributed by atoms with Crippen LogP contribution >= 0.6 is 11.3 Å². The smallest absolute Gasteiger partial charge is 0.205 e. The van der Waals surface area contributed by atoms with E-state index >= 15 is 0 Å². The lowest BCUT2D eigenvalue weighted by atomic mass is 10.1. The van der Waals surface area contributed by atoms with E-state index < -0.39 is 6.10 Å². The van der Waals surface area contributed by atoms with Gasteiger partial charge < -0.3 is 15.2 Å². The normalized spacial score (nSPS) is 12.0. The van der Waals surface area contributed by atoms with Gasteiger partial charge in [0.25, 0.3) is 0 Å². The van der Waals surface area contributed by atoms with E-state index in [4.69, 9.17) is 4.74 Å². The van der Waals surface area contributed by atoms with Gasteiger partial charge in [0, 0.05) is 13.0 Å². The third kappa shape index (κ3) is 4.74. The summed E-state index contributed by atoms with van der Waals surface area (Å²) in [7, 11) is 1.60. The Bertz CT molecular complexity index is 806. The Morgan fingerprint density at radius 2 is 1.84 bits per heavy atom. The Kier molecular flexibility index (Phi) is 5.57. The molecule has 2 N–H and O–H groups in total. The van der Waals surface area contributed by atoms with E-state index in [2.05, 4.69) is 15.5 Å². The van der Waals surface area contributed by atoms with E-state index in [9.17, 15) is 9.50 Å². The maximum atomic E-state index is 12.9. The zero-order valence-corrected chi connectivity index (χ0v) is 14.5. The summed E-state index contributed by atoms with van der Waals surface area (Å²) in [5.74, 6) is 0.495. The third-order valence-corrected chi connectivity index (χ3v) is 4.56. The van der Waals surface area contributed by atoms with Crippen molar-refractivity contribution in [3.8, 4) is 5.75 Å². The van der Waals surface area contributed by atoms with Crippen molar-refractivity contribution in [3.05, 3.63) is 70.5 Å². The van der Waals surface area contributed by atoms with Crippen molar-refractivity contribution in [1.29, 1.82) is 0 Å². The zero-order valence-electron chi connectivity index (χ0n) is 13.6. The summed E-state index contributed by atoms with van der Waals surface area (Å²) in [5.41, 5.74) is 1.77. The predicted molar refractivity (Wildman–Crippen MR) is 95.6 cm³/mol. The van der Waals surface area contributed by atoms with Gasteiger partial charge in [-0.3, -0.25) is 0 Å². The Morgan fingerprint density at radius 3 is 2.52 bits per heavy atom. The quantitative estimate of drug-likeness (QED) is 0.677. The zero-order chi connectivity index (χ0) is 17.6. The number of anilines is 1. The van der Waals surface area contributed by atoms with Crippen LogP contribution in [-0.2, 0) is 6.42 Å². The first-order valence-corrected chi connectivity index (χ1v) is 8.58. The number of rotatable bonds is 7. The van der Waals surface area contributed by atoms with E-state index in [0.717, 1.165) is 21.9 Å². The molecule has 0 aliphatic heterocycles. The number of methoxy groups -OCH3 is 1.